The summed E-state index contributed by atoms with van der Waals surface area (Å²) in [5, 5.41) is 11.4. The topological polar surface area (TPSA) is 79.3 Å². The molecule has 1 fully saturated rings. The fraction of sp³-hybridized carbons (Fsp3) is 0.290. The van der Waals surface area contributed by atoms with Crippen molar-refractivity contribution in [2.24, 2.45) is 0 Å². The summed E-state index contributed by atoms with van der Waals surface area (Å²) in [6.45, 7) is 8.41. The van der Waals surface area contributed by atoms with E-state index in [0.717, 1.165) is 25.2 Å². The van der Waals surface area contributed by atoms with E-state index in [4.69, 9.17) is 9.47 Å². The van der Waals surface area contributed by atoms with Crippen molar-refractivity contribution in [2.75, 3.05) is 36.6 Å². The molecule has 1 unspecified atom stereocenters. The monoisotopic (exact) mass is 514 g/mol. The normalized spacial score (nSPS) is 16.5. The predicted molar refractivity (Wildman–Crippen MR) is 150 cm³/mol. The van der Waals surface area contributed by atoms with Crippen LogP contribution in [0.1, 0.15) is 44.4 Å². The highest BCUT2D eigenvalue weighted by Gasteiger charge is 2.47. The van der Waals surface area contributed by atoms with Crippen LogP contribution in [0.4, 0.5) is 11.4 Å². The third kappa shape index (κ3) is 5.23. The quantitative estimate of drug-likeness (QED) is 0.204. The number of nitrogens with zero attached hydrogens (tertiary/aromatic N) is 2. The van der Waals surface area contributed by atoms with Gasteiger partial charge in [-0.05, 0) is 74.4 Å². The van der Waals surface area contributed by atoms with Crippen LogP contribution < -0.4 is 19.3 Å². The third-order valence-corrected chi connectivity index (χ3v) is 6.69. The molecule has 1 amide bonds. The molecular weight excluding hydrogens is 480 g/mol. The molecule has 7 heteroatoms. The Kier molecular flexibility index (Phi) is 8.36. The molecule has 0 saturated carbocycles. The van der Waals surface area contributed by atoms with Gasteiger partial charge < -0.3 is 19.5 Å². The molecular formula is C31H34N2O5. The zero-order chi connectivity index (χ0) is 27.2. The van der Waals surface area contributed by atoms with Crippen molar-refractivity contribution in [3.63, 3.8) is 0 Å². The number of hydrogen-bond donors (Lipinski definition) is 1. The summed E-state index contributed by atoms with van der Waals surface area (Å²) >= 11 is 0. The maximum atomic E-state index is 13.5. The molecule has 4 rings (SSSR count). The van der Waals surface area contributed by atoms with Crippen LogP contribution in [-0.2, 0) is 9.59 Å². The number of amides is 1. The summed E-state index contributed by atoms with van der Waals surface area (Å²) in [5.41, 5.74) is 2.66. The average molecular weight is 515 g/mol. The van der Waals surface area contributed by atoms with E-state index >= 15 is 0 Å². The second kappa shape index (κ2) is 11.9. The van der Waals surface area contributed by atoms with Crippen LogP contribution in [0.25, 0.3) is 5.76 Å². The van der Waals surface area contributed by atoms with E-state index < -0.39 is 17.7 Å². The summed E-state index contributed by atoms with van der Waals surface area (Å²) in [5.74, 6) is -0.535. The van der Waals surface area contributed by atoms with Gasteiger partial charge in [0.2, 0.25) is 0 Å². The van der Waals surface area contributed by atoms with E-state index in [2.05, 4.69) is 18.7 Å². The molecule has 0 spiro atoms. The van der Waals surface area contributed by atoms with Crippen LogP contribution >= 0.6 is 0 Å². The van der Waals surface area contributed by atoms with E-state index in [-0.39, 0.29) is 11.3 Å². The highest BCUT2D eigenvalue weighted by atomic mass is 16.5. The standard InChI is InChI=1S/C31H34N2O5/c1-5-18-38-26-13-9-11-22(20-26)29(34)27-28(21-10-8-12-25(19-21)37-4)33(31(36)30(27)35)24-16-14-23(15-17-24)32(6-2)7-3/h8-17,19-20,28,34H,5-7,18H2,1-4H3/b29-27-. The molecule has 0 aromatic heterocycles. The fourth-order valence-corrected chi connectivity index (χ4v) is 4.75. The minimum atomic E-state index is -0.843. The maximum absolute atomic E-state index is 13.5. The number of aliphatic hydroxyl groups is 1. The summed E-state index contributed by atoms with van der Waals surface area (Å²) in [6, 6.07) is 20.8. The van der Waals surface area contributed by atoms with Crippen LogP contribution in [0.2, 0.25) is 0 Å². The first-order chi connectivity index (χ1) is 18.4. The van der Waals surface area contributed by atoms with E-state index in [1.807, 2.05) is 37.3 Å². The Morgan fingerprint density at radius 2 is 1.61 bits per heavy atom. The largest absolute Gasteiger partial charge is 0.507 e. The van der Waals surface area contributed by atoms with Crippen molar-refractivity contribution in [2.45, 2.75) is 33.2 Å². The number of carbonyl (C=O) groups excluding carboxylic acids is 2. The molecule has 3 aromatic rings. The molecule has 0 aliphatic carbocycles. The van der Waals surface area contributed by atoms with E-state index in [1.54, 1.807) is 49.6 Å². The van der Waals surface area contributed by atoms with Gasteiger partial charge in [-0.15, -0.1) is 0 Å². The second-order valence-corrected chi connectivity index (χ2v) is 9.01. The lowest BCUT2D eigenvalue weighted by Crippen LogP contribution is -2.29. The highest BCUT2D eigenvalue weighted by Crippen LogP contribution is 2.43. The number of benzene rings is 3. The molecule has 198 valence electrons. The van der Waals surface area contributed by atoms with Gasteiger partial charge in [-0.2, -0.15) is 0 Å². The molecule has 1 aliphatic rings. The van der Waals surface area contributed by atoms with Gasteiger partial charge in [-0.25, -0.2) is 0 Å². The Balaban J connectivity index is 1.86. The first-order valence-corrected chi connectivity index (χ1v) is 13.0. The Labute approximate surface area is 223 Å². The van der Waals surface area contributed by atoms with Crippen molar-refractivity contribution < 1.29 is 24.2 Å². The number of anilines is 2. The minimum absolute atomic E-state index is 0.0173. The van der Waals surface area contributed by atoms with Gasteiger partial charge in [0.05, 0.1) is 25.3 Å². The predicted octanol–water partition coefficient (Wildman–Crippen LogP) is 5.96. The Morgan fingerprint density at radius 1 is 0.921 bits per heavy atom. The van der Waals surface area contributed by atoms with E-state index in [0.29, 0.717) is 34.9 Å². The molecule has 38 heavy (non-hydrogen) atoms. The number of rotatable bonds is 10. The molecule has 1 heterocycles. The Bertz CT molecular complexity index is 1330. The first kappa shape index (κ1) is 26.8. The Hall–Kier alpha value is -4.26. The van der Waals surface area contributed by atoms with Crippen molar-refractivity contribution in [1.82, 2.24) is 0 Å². The molecule has 7 nitrogen and oxygen atoms in total. The lowest BCUT2D eigenvalue weighted by molar-refractivity contribution is -0.132. The molecule has 1 aliphatic heterocycles. The zero-order valence-corrected chi connectivity index (χ0v) is 22.3. The number of methoxy groups -OCH3 is 1. The third-order valence-electron chi connectivity index (χ3n) is 6.69. The molecule has 1 saturated heterocycles. The van der Waals surface area contributed by atoms with E-state index in [9.17, 15) is 14.7 Å². The molecule has 1 N–H and O–H groups in total. The zero-order valence-electron chi connectivity index (χ0n) is 22.3. The van der Waals surface area contributed by atoms with Crippen LogP contribution in [0.3, 0.4) is 0 Å². The van der Waals surface area contributed by atoms with Gasteiger partial charge >= 0.3 is 0 Å². The fourth-order valence-electron chi connectivity index (χ4n) is 4.75. The van der Waals surface area contributed by atoms with Crippen LogP contribution in [0.15, 0.2) is 78.4 Å². The molecule has 0 radical (unpaired) electrons. The van der Waals surface area contributed by atoms with Gasteiger partial charge in [-0.1, -0.05) is 31.2 Å². The smallest absolute Gasteiger partial charge is 0.300 e. The van der Waals surface area contributed by atoms with Gasteiger partial charge in [0, 0.05) is 30.0 Å². The lowest BCUT2D eigenvalue weighted by Gasteiger charge is -2.27. The van der Waals surface area contributed by atoms with Gasteiger partial charge in [-0.3, -0.25) is 14.5 Å². The number of carbonyl (C=O) groups is 2. The highest BCUT2D eigenvalue weighted by molar-refractivity contribution is 6.51. The SMILES string of the molecule is CCCOc1cccc(/C(O)=C2/C(=O)C(=O)N(c3ccc(N(CC)CC)cc3)C2c2cccc(OC)c2)c1. The lowest BCUT2D eigenvalue weighted by atomic mass is 9.95. The van der Waals surface area contributed by atoms with Crippen molar-refractivity contribution in [3.8, 4) is 11.5 Å². The van der Waals surface area contributed by atoms with Crippen LogP contribution in [0.5, 0.6) is 11.5 Å². The number of hydrogen-bond acceptors (Lipinski definition) is 6. The van der Waals surface area contributed by atoms with Gasteiger partial charge in [0.15, 0.2) is 0 Å². The number of ketones is 1. The van der Waals surface area contributed by atoms with Gasteiger partial charge in [0.1, 0.15) is 17.3 Å². The summed E-state index contributed by atoms with van der Waals surface area (Å²) in [4.78, 5) is 30.6. The van der Waals surface area contributed by atoms with E-state index in [1.165, 1.54) is 4.90 Å². The number of aliphatic hydroxyl groups excluding tert-OH is 1. The summed E-state index contributed by atoms with van der Waals surface area (Å²) < 4.78 is 11.1. The summed E-state index contributed by atoms with van der Waals surface area (Å²) in [7, 11) is 1.56. The van der Waals surface area contributed by atoms with Crippen molar-refractivity contribution in [3.05, 3.63) is 89.5 Å². The molecule has 1 atom stereocenters. The van der Waals surface area contributed by atoms with Crippen molar-refractivity contribution in [1.29, 1.82) is 0 Å². The first-order valence-electron chi connectivity index (χ1n) is 13.0. The summed E-state index contributed by atoms with van der Waals surface area (Å²) in [6.07, 6.45) is 0.838. The van der Waals surface area contributed by atoms with Gasteiger partial charge in [0.25, 0.3) is 11.7 Å². The average Bonchev–Trinajstić information content (AvgIpc) is 3.22. The van der Waals surface area contributed by atoms with Crippen LogP contribution in [0, 0.1) is 0 Å². The second-order valence-electron chi connectivity index (χ2n) is 9.01. The number of ether oxygens (including phenoxy) is 2. The maximum Gasteiger partial charge on any atom is 0.300 e. The molecule has 0 bridgehead atoms. The van der Waals surface area contributed by atoms with Crippen LogP contribution in [-0.4, -0.2) is 43.6 Å². The van der Waals surface area contributed by atoms with Crippen molar-refractivity contribution >= 4 is 28.8 Å². The minimum Gasteiger partial charge on any atom is -0.507 e. The number of Topliss-reactive ketones (excluding diaryl/α,β-unsaturated/α-hetero) is 1. The Morgan fingerprint density at radius 3 is 2.26 bits per heavy atom. The molecule has 3 aromatic carbocycles.